The van der Waals surface area contributed by atoms with Crippen LogP contribution < -0.4 is 21.9 Å². The molecule has 0 aliphatic rings. The SMILES string of the molecule is CCCn1c(=O)c2c(nc(Cc3cccc(S(C)(=O)=O)c3)n2CCNCC(O)CC)n(CCc2ccc(NC(C)=O)cc2)c1=O. The maximum Gasteiger partial charge on any atom is 0.332 e. The van der Waals surface area contributed by atoms with E-state index in [-0.39, 0.29) is 36.0 Å². The fraction of sp³-hybridized carbons (Fsp3) is 0.438. The van der Waals surface area contributed by atoms with Gasteiger partial charge in [0.25, 0.3) is 5.56 Å². The summed E-state index contributed by atoms with van der Waals surface area (Å²) in [6, 6.07) is 14.0. The number of imidazole rings is 1. The van der Waals surface area contributed by atoms with Crippen LogP contribution in [0.4, 0.5) is 5.69 Å². The largest absolute Gasteiger partial charge is 0.392 e. The molecule has 4 aromatic rings. The molecule has 0 radical (unpaired) electrons. The number of aliphatic hydroxyl groups excluding tert-OH is 1. The maximum atomic E-state index is 13.9. The lowest BCUT2D eigenvalue weighted by Crippen LogP contribution is -2.41. The minimum absolute atomic E-state index is 0.166. The molecule has 0 aliphatic carbocycles. The van der Waals surface area contributed by atoms with Gasteiger partial charge in [-0.1, -0.05) is 38.1 Å². The Hall–Kier alpha value is -4.07. The van der Waals surface area contributed by atoms with Gasteiger partial charge in [0.2, 0.25) is 5.91 Å². The first-order valence-corrected chi connectivity index (χ1v) is 17.1. The molecule has 0 saturated heterocycles. The first kappa shape index (κ1) is 33.8. The van der Waals surface area contributed by atoms with Gasteiger partial charge in [0.15, 0.2) is 21.0 Å². The van der Waals surface area contributed by atoms with Gasteiger partial charge in [-0.3, -0.25) is 18.7 Å². The normalized spacial score (nSPS) is 12.5. The second-order valence-electron chi connectivity index (χ2n) is 11.2. The first-order valence-electron chi connectivity index (χ1n) is 15.2. The average molecular weight is 639 g/mol. The summed E-state index contributed by atoms with van der Waals surface area (Å²) in [6.07, 6.45) is 2.56. The van der Waals surface area contributed by atoms with E-state index in [0.29, 0.717) is 61.5 Å². The maximum absolute atomic E-state index is 13.9. The Labute approximate surface area is 262 Å². The second-order valence-corrected chi connectivity index (χ2v) is 13.2. The summed E-state index contributed by atoms with van der Waals surface area (Å²) in [7, 11) is -3.43. The number of aromatic nitrogens is 4. The zero-order chi connectivity index (χ0) is 32.7. The molecule has 13 heteroatoms. The minimum atomic E-state index is -3.43. The highest BCUT2D eigenvalue weighted by atomic mass is 32.2. The van der Waals surface area contributed by atoms with Crippen LogP contribution >= 0.6 is 0 Å². The van der Waals surface area contributed by atoms with Gasteiger partial charge in [0, 0.05) is 58.0 Å². The van der Waals surface area contributed by atoms with Gasteiger partial charge < -0.3 is 20.3 Å². The standard InChI is InChI=1S/C32H42N6O6S/c1-5-16-38-31(41)29-30(37(32(38)42)17-14-23-10-12-25(13-11-23)34-22(3)39)35-28(36(29)18-15-33-21-26(40)6-2)20-24-8-7-9-27(19-24)45(4,43)44/h7-13,19,26,33,40H,5-6,14-18,20-21H2,1-4H3,(H,34,39). The van der Waals surface area contributed by atoms with Crippen LogP contribution in [0.25, 0.3) is 11.2 Å². The summed E-state index contributed by atoms with van der Waals surface area (Å²) < 4.78 is 29.1. The highest BCUT2D eigenvalue weighted by Gasteiger charge is 2.22. The lowest BCUT2D eigenvalue weighted by atomic mass is 10.1. The van der Waals surface area contributed by atoms with Gasteiger partial charge in [0.1, 0.15) is 5.82 Å². The summed E-state index contributed by atoms with van der Waals surface area (Å²) in [4.78, 5) is 44.0. The number of amides is 1. The fourth-order valence-electron chi connectivity index (χ4n) is 5.21. The average Bonchev–Trinajstić information content (AvgIpc) is 3.35. The quantitative estimate of drug-likeness (QED) is 0.168. The summed E-state index contributed by atoms with van der Waals surface area (Å²) in [5.41, 5.74) is 2.02. The van der Waals surface area contributed by atoms with Crippen LogP contribution in [0.3, 0.4) is 0 Å². The number of anilines is 1. The third-order valence-corrected chi connectivity index (χ3v) is 8.70. The molecule has 45 heavy (non-hydrogen) atoms. The lowest BCUT2D eigenvalue weighted by molar-refractivity contribution is -0.114. The number of aliphatic hydroxyl groups is 1. The molecule has 242 valence electrons. The Balaban J connectivity index is 1.80. The zero-order valence-electron chi connectivity index (χ0n) is 26.2. The van der Waals surface area contributed by atoms with E-state index in [9.17, 15) is 27.9 Å². The predicted molar refractivity (Wildman–Crippen MR) is 175 cm³/mol. The van der Waals surface area contributed by atoms with Crippen LogP contribution in [0.2, 0.25) is 0 Å². The van der Waals surface area contributed by atoms with Crippen LogP contribution in [-0.2, 0) is 47.1 Å². The van der Waals surface area contributed by atoms with Crippen molar-refractivity contribution < 1.29 is 18.3 Å². The van der Waals surface area contributed by atoms with Crippen molar-refractivity contribution in [2.45, 2.75) is 77.1 Å². The van der Waals surface area contributed by atoms with Gasteiger partial charge >= 0.3 is 5.69 Å². The summed E-state index contributed by atoms with van der Waals surface area (Å²) >= 11 is 0. The Kier molecular flexibility index (Phi) is 11.1. The fourth-order valence-corrected chi connectivity index (χ4v) is 5.90. The highest BCUT2D eigenvalue weighted by molar-refractivity contribution is 7.90. The molecule has 2 aromatic carbocycles. The van der Waals surface area contributed by atoms with Crippen molar-refractivity contribution in [1.29, 1.82) is 0 Å². The van der Waals surface area contributed by atoms with E-state index in [0.717, 1.165) is 11.8 Å². The molecule has 0 aliphatic heterocycles. The van der Waals surface area contributed by atoms with E-state index in [1.54, 1.807) is 34.9 Å². The zero-order valence-corrected chi connectivity index (χ0v) is 27.1. The van der Waals surface area contributed by atoms with E-state index in [4.69, 9.17) is 4.98 Å². The van der Waals surface area contributed by atoms with E-state index in [1.165, 1.54) is 22.1 Å². The van der Waals surface area contributed by atoms with E-state index >= 15 is 0 Å². The van der Waals surface area contributed by atoms with Gasteiger partial charge in [-0.05, 0) is 54.7 Å². The number of fused-ring (bicyclic) bond motifs is 1. The van der Waals surface area contributed by atoms with Crippen molar-refractivity contribution in [1.82, 2.24) is 24.0 Å². The molecule has 0 spiro atoms. The van der Waals surface area contributed by atoms with Gasteiger partial charge in [0.05, 0.1) is 11.0 Å². The molecule has 0 fully saturated rings. The highest BCUT2D eigenvalue weighted by Crippen LogP contribution is 2.19. The van der Waals surface area contributed by atoms with Crippen molar-refractivity contribution in [2.24, 2.45) is 0 Å². The molecular weight excluding hydrogens is 596 g/mol. The summed E-state index contributed by atoms with van der Waals surface area (Å²) in [5.74, 6) is 0.355. The number of carbonyl (C=O) groups excluding carboxylic acids is 1. The molecule has 1 amide bonds. The molecule has 0 saturated carbocycles. The van der Waals surface area contributed by atoms with E-state index in [1.807, 2.05) is 26.0 Å². The third-order valence-electron chi connectivity index (χ3n) is 7.59. The Morgan fingerprint density at radius 2 is 1.71 bits per heavy atom. The smallest absolute Gasteiger partial charge is 0.332 e. The molecular formula is C32H42N6O6S. The molecule has 2 aromatic heterocycles. The molecule has 1 atom stereocenters. The number of sulfone groups is 1. The number of aryl methyl sites for hydroxylation is 2. The van der Waals surface area contributed by atoms with Crippen molar-refractivity contribution in [2.75, 3.05) is 24.7 Å². The van der Waals surface area contributed by atoms with Gasteiger partial charge in [-0.2, -0.15) is 0 Å². The van der Waals surface area contributed by atoms with Crippen LogP contribution in [0.1, 0.15) is 50.6 Å². The Morgan fingerprint density at radius 1 is 0.978 bits per heavy atom. The predicted octanol–water partition coefficient (Wildman–Crippen LogP) is 2.33. The van der Waals surface area contributed by atoms with Crippen molar-refractivity contribution in [3.63, 3.8) is 0 Å². The van der Waals surface area contributed by atoms with Crippen molar-refractivity contribution in [3.05, 3.63) is 86.3 Å². The molecule has 1 unspecified atom stereocenters. The van der Waals surface area contributed by atoms with Crippen LogP contribution in [0.15, 0.2) is 63.0 Å². The van der Waals surface area contributed by atoms with Crippen LogP contribution in [0, 0.1) is 0 Å². The number of benzene rings is 2. The second kappa shape index (κ2) is 14.8. The summed E-state index contributed by atoms with van der Waals surface area (Å²) in [6.45, 7) is 6.92. The topological polar surface area (TPSA) is 157 Å². The lowest BCUT2D eigenvalue weighted by Gasteiger charge is -2.14. The van der Waals surface area contributed by atoms with E-state index < -0.39 is 27.2 Å². The van der Waals surface area contributed by atoms with Crippen molar-refractivity contribution in [3.8, 4) is 0 Å². The van der Waals surface area contributed by atoms with Crippen LogP contribution in [0.5, 0.6) is 0 Å². The van der Waals surface area contributed by atoms with Gasteiger partial charge in [-0.15, -0.1) is 0 Å². The molecule has 0 bridgehead atoms. The molecule has 12 nitrogen and oxygen atoms in total. The monoisotopic (exact) mass is 638 g/mol. The number of hydrogen-bond acceptors (Lipinski definition) is 8. The molecule has 2 heterocycles. The number of hydrogen-bond donors (Lipinski definition) is 3. The third kappa shape index (κ3) is 8.35. The Bertz CT molecular complexity index is 1880. The number of carbonyl (C=O) groups is 1. The first-order chi connectivity index (χ1) is 21.4. The number of nitrogens with one attached hydrogen (secondary N) is 2. The number of rotatable bonds is 15. The summed E-state index contributed by atoms with van der Waals surface area (Å²) in [5, 5.41) is 16.0. The molecule has 4 rings (SSSR count). The number of nitrogens with zero attached hydrogens (tertiary/aromatic N) is 4. The molecule has 3 N–H and O–H groups in total. The van der Waals surface area contributed by atoms with E-state index in [2.05, 4.69) is 10.6 Å². The minimum Gasteiger partial charge on any atom is -0.392 e. The Morgan fingerprint density at radius 3 is 2.36 bits per heavy atom. The van der Waals surface area contributed by atoms with Crippen LogP contribution in [-0.4, -0.2) is 63.6 Å². The van der Waals surface area contributed by atoms with Crippen molar-refractivity contribution >= 4 is 32.6 Å². The van der Waals surface area contributed by atoms with Gasteiger partial charge in [-0.25, -0.2) is 18.2 Å².